The zero-order valence-corrected chi connectivity index (χ0v) is 11.6. The van der Waals surface area contributed by atoms with E-state index in [1.165, 1.54) is 12.3 Å². The van der Waals surface area contributed by atoms with Gasteiger partial charge in [0.05, 0.1) is 5.69 Å². The maximum absolute atomic E-state index is 14.3. The van der Waals surface area contributed by atoms with E-state index >= 15 is 0 Å². The SMILES string of the molecule is CC(c1ccc(-c2ccccc2)c(F)c1)c1coc(N)n1. The van der Waals surface area contributed by atoms with Crippen molar-refractivity contribution in [3.05, 3.63) is 71.9 Å². The topological polar surface area (TPSA) is 52.0 Å². The summed E-state index contributed by atoms with van der Waals surface area (Å²) in [5.74, 6) is -0.326. The summed E-state index contributed by atoms with van der Waals surface area (Å²) >= 11 is 0. The van der Waals surface area contributed by atoms with E-state index in [0.29, 0.717) is 11.3 Å². The van der Waals surface area contributed by atoms with E-state index in [-0.39, 0.29) is 17.7 Å². The number of hydrogen-bond donors (Lipinski definition) is 1. The quantitative estimate of drug-likeness (QED) is 0.782. The molecule has 21 heavy (non-hydrogen) atoms. The molecule has 0 saturated carbocycles. The number of benzene rings is 2. The molecule has 1 unspecified atom stereocenters. The number of nitrogens with zero attached hydrogens (tertiary/aromatic N) is 1. The average Bonchev–Trinajstić information content (AvgIpc) is 2.94. The Balaban J connectivity index is 1.94. The second-order valence-electron chi connectivity index (χ2n) is 4.94. The molecule has 2 aromatic carbocycles. The number of nitrogen functional groups attached to an aromatic ring is 1. The molecule has 4 heteroatoms. The molecule has 0 bridgehead atoms. The lowest BCUT2D eigenvalue weighted by atomic mass is 9.95. The molecule has 0 amide bonds. The van der Waals surface area contributed by atoms with Crippen molar-refractivity contribution in [2.24, 2.45) is 0 Å². The van der Waals surface area contributed by atoms with Gasteiger partial charge >= 0.3 is 0 Å². The highest BCUT2D eigenvalue weighted by Crippen LogP contribution is 2.29. The fourth-order valence-corrected chi connectivity index (χ4v) is 2.32. The van der Waals surface area contributed by atoms with E-state index in [0.717, 1.165) is 11.1 Å². The Kier molecular flexibility index (Phi) is 3.44. The second-order valence-corrected chi connectivity index (χ2v) is 4.94. The van der Waals surface area contributed by atoms with E-state index in [1.54, 1.807) is 6.07 Å². The van der Waals surface area contributed by atoms with Crippen LogP contribution in [0.5, 0.6) is 0 Å². The number of rotatable bonds is 3. The lowest BCUT2D eigenvalue weighted by Crippen LogP contribution is -1.98. The van der Waals surface area contributed by atoms with E-state index in [9.17, 15) is 4.39 Å². The van der Waals surface area contributed by atoms with Crippen molar-refractivity contribution in [1.82, 2.24) is 4.98 Å². The van der Waals surface area contributed by atoms with Crippen LogP contribution in [-0.4, -0.2) is 4.98 Å². The zero-order chi connectivity index (χ0) is 14.8. The Bertz CT molecular complexity index is 752. The summed E-state index contributed by atoms with van der Waals surface area (Å²) in [6.07, 6.45) is 1.50. The number of oxazole rings is 1. The molecule has 3 nitrogen and oxygen atoms in total. The third-order valence-electron chi connectivity index (χ3n) is 3.56. The molecule has 3 rings (SSSR count). The zero-order valence-electron chi connectivity index (χ0n) is 11.6. The molecule has 0 radical (unpaired) electrons. The van der Waals surface area contributed by atoms with E-state index in [2.05, 4.69) is 4.98 Å². The van der Waals surface area contributed by atoms with Crippen molar-refractivity contribution in [3.63, 3.8) is 0 Å². The summed E-state index contributed by atoms with van der Waals surface area (Å²) in [5, 5.41) is 0. The first-order chi connectivity index (χ1) is 10.1. The molecule has 0 aliphatic heterocycles. The molecule has 0 aliphatic rings. The van der Waals surface area contributed by atoms with Crippen LogP contribution in [0.4, 0.5) is 10.4 Å². The van der Waals surface area contributed by atoms with Gasteiger partial charge in [0.15, 0.2) is 0 Å². The normalized spacial score (nSPS) is 12.3. The van der Waals surface area contributed by atoms with Gasteiger partial charge in [-0.25, -0.2) is 4.39 Å². The Morgan fingerprint density at radius 1 is 1.14 bits per heavy atom. The summed E-state index contributed by atoms with van der Waals surface area (Å²) in [6, 6.07) is 14.8. The smallest absolute Gasteiger partial charge is 0.292 e. The predicted octanol–water partition coefficient (Wildman–Crippen LogP) is 4.21. The van der Waals surface area contributed by atoms with E-state index in [1.807, 2.05) is 43.3 Å². The first-order valence-corrected chi connectivity index (χ1v) is 6.71. The first-order valence-electron chi connectivity index (χ1n) is 6.71. The van der Waals surface area contributed by atoms with Crippen molar-refractivity contribution < 1.29 is 8.81 Å². The van der Waals surface area contributed by atoms with Crippen molar-refractivity contribution >= 4 is 6.01 Å². The number of halogens is 1. The van der Waals surface area contributed by atoms with Gasteiger partial charge in [0, 0.05) is 11.5 Å². The van der Waals surface area contributed by atoms with Gasteiger partial charge in [-0.1, -0.05) is 49.4 Å². The molecule has 0 fully saturated rings. The molecule has 0 spiro atoms. The summed E-state index contributed by atoms with van der Waals surface area (Å²) in [4.78, 5) is 4.09. The van der Waals surface area contributed by atoms with Crippen molar-refractivity contribution in [3.8, 4) is 11.1 Å². The largest absolute Gasteiger partial charge is 0.432 e. The molecule has 3 aromatic rings. The van der Waals surface area contributed by atoms with Crippen LogP contribution in [-0.2, 0) is 0 Å². The number of aromatic nitrogens is 1. The monoisotopic (exact) mass is 282 g/mol. The fraction of sp³-hybridized carbons (Fsp3) is 0.118. The highest BCUT2D eigenvalue weighted by molar-refractivity contribution is 5.64. The molecule has 1 aromatic heterocycles. The van der Waals surface area contributed by atoms with Crippen molar-refractivity contribution in [2.75, 3.05) is 5.73 Å². The maximum Gasteiger partial charge on any atom is 0.292 e. The van der Waals surface area contributed by atoms with Gasteiger partial charge in [-0.3, -0.25) is 0 Å². The Morgan fingerprint density at radius 2 is 1.90 bits per heavy atom. The highest BCUT2D eigenvalue weighted by atomic mass is 19.1. The minimum atomic E-state index is -0.248. The minimum absolute atomic E-state index is 0.0784. The van der Waals surface area contributed by atoms with Gasteiger partial charge in [0.25, 0.3) is 6.01 Å². The van der Waals surface area contributed by atoms with Crippen molar-refractivity contribution in [2.45, 2.75) is 12.8 Å². The fourth-order valence-electron chi connectivity index (χ4n) is 2.32. The van der Waals surface area contributed by atoms with Gasteiger partial charge < -0.3 is 10.2 Å². The summed E-state index contributed by atoms with van der Waals surface area (Å²) in [7, 11) is 0. The molecular formula is C17H15FN2O. The summed E-state index contributed by atoms with van der Waals surface area (Å²) in [5.41, 5.74) is 8.45. The Hall–Kier alpha value is -2.62. The van der Waals surface area contributed by atoms with Crippen molar-refractivity contribution in [1.29, 1.82) is 0 Å². The number of nitrogens with two attached hydrogens (primary N) is 1. The molecule has 0 aliphatic carbocycles. The van der Waals surface area contributed by atoms with Crippen LogP contribution in [0.3, 0.4) is 0 Å². The van der Waals surface area contributed by atoms with Crippen LogP contribution in [0.2, 0.25) is 0 Å². The van der Waals surface area contributed by atoms with E-state index < -0.39 is 0 Å². The van der Waals surface area contributed by atoms with Gasteiger partial charge in [-0.05, 0) is 17.2 Å². The van der Waals surface area contributed by atoms with Gasteiger partial charge in [0.2, 0.25) is 0 Å². The second kappa shape index (κ2) is 5.40. The minimum Gasteiger partial charge on any atom is -0.432 e. The third kappa shape index (κ3) is 2.65. The lowest BCUT2D eigenvalue weighted by Gasteiger charge is -2.11. The lowest BCUT2D eigenvalue weighted by molar-refractivity contribution is 0.577. The standard InChI is InChI=1S/C17H15FN2O/c1-11(16-10-21-17(19)20-16)13-7-8-14(15(18)9-13)12-5-3-2-4-6-12/h2-11H,1H3,(H2,19,20). The van der Waals surface area contributed by atoms with Crippen LogP contribution >= 0.6 is 0 Å². The highest BCUT2D eigenvalue weighted by Gasteiger charge is 2.15. The molecular weight excluding hydrogens is 267 g/mol. The van der Waals surface area contributed by atoms with Gasteiger partial charge in [0.1, 0.15) is 12.1 Å². The number of anilines is 1. The first kappa shape index (κ1) is 13.4. The summed E-state index contributed by atoms with van der Waals surface area (Å²) in [6.45, 7) is 1.94. The van der Waals surface area contributed by atoms with Crippen LogP contribution in [0.1, 0.15) is 24.1 Å². The molecule has 106 valence electrons. The molecule has 2 N–H and O–H groups in total. The van der Waals surface area contributed by atoms with Crippen LogP contribution in [0, 0.1) is 5.82 Å². The van der Waals surface area contributed by atoms with E-state index in [4.69, 9.17) is 10.2 Å². The van der Waals surface area contributed by atoms with Crippen LogP contribution < -0.4 is 5.73 Å². The molecule has 0 saturated heterocycles. The number of hydrogen-bond acceptors (Lipinski definition) is 3. The van der Waals surface area contributed by atoms with Gasteiger partial charge in [-0.15, -0.1) is 0 Å². The maximum atomic E-state index is 14.3. The summed E-state index contributed by atoms with van der Waals surface area (Å²) < 4.78 is 19.4. The van der Waals surface area contributed by atoms with Gasteiger partial charge in [-0.2, -0.15) is 4.98 Å². The molecule has 1 atom stereocenters. The Morgan fingerprint density at radius 3 is 2.52 bits per heavy atom. The third-order valence-corrected chi connectivity index (χ3v) is 3.56. The predicted molar refractivity (Wildman–Crippen MR) is 80.3 cm³/mol. The average molecular weight is 282 g/mol. The van der Waals surface area contributed by atoms with Crippen LogP contribution in [0.15, 0.2) is 59.2 Å². The molecule has 1 heterocycles. The Labute approximate surface area is 122 Å². The van der Waals surface area contributed by atoms with Crippen LogP contribution in [0.25, 0.3) is 11.1 Å².